The molecule has 26 heavy (non-hydrogen) atoms. The number of nitrogens with zero attached hydrogens (tertiary/aromatic N) is 1. The normalized spacial score (nSPS) is 25.8. The molecular formula is C17H18Cl2N2O4S. The van der Waals surface area contributed by atoms with Crippen LogP contribution in [0.25, 0.3) is 0 Å². The third-order valence-electron chi connectivity index (χ3n) is 4.51. The summed E-state index contributed by atoms with van der Waals surface area (Å²) in [6.45, 7) is 3.43. The molecule has 0 bridgehead atoms. The summed E-state index contributed by atoms with van der Waals surface area (Å²) < 4.78 is 5.31. The quantitative estimate of drug-likeness (QED) is 0.761. The molecule has 2 fully saturated rings. The van der Waals surface area contributed by atoms with Crippen LogP contribution < -0.4 is 5.32 Å². The van der Waals surface area contributed by atoms with Crippen molar-refractivity contribution in [3.63, 3.8) is 0 Å². The number of ether oxygens (including phenoxy) is 1. The molecule has 3 atom stereocenters. The molecule has 0 saturated carbocycles. The lowest BCUT2D eigenvalue weighted by Crippen LogP contribution is -2.48. The number of fused-ring (bicyclic) bond motifs is 1. The van der Waals surface area contributed by atoms with Crippen LogP contribution in [-0.4, -0.2) is 45.5 Å². The lowest BCUT2D eigenvalue weighted by molar-refractivity contribution is -0.160. The fourth-order valence-corrected chi connectivity index (χ4v) is 5.11. The number of carbonyl (C=O) groups excluding carboxylic acids is 3. The van der Waals surface area contributed by atoms with E-state index >= 15 is 0 Å². The summed E-state index contributed by atoms with van der Waals surface area (Å²) in [5.41, 5.74) is 0.411. The SMILES string of the molecule is C[C@H](OC(=O)[C@H]1CS[C@@]2(C)CCC(=O)N12)C(=O)Nc1cc(Cl)cc(Cl)c1. The highest BCUT2D eigenvalue weighted by Crippen LogP contribution is 2.47. The molecule has 0 unspecified atom stereocenters. The van der Waals surface area contributed by atoms with Gasteiger partial charge in [-0.15, -0.1) is 11.8 Å². The minimum absolute atomic E-state index is 0.0508. The van der Waals surface area contributed by atoms with Crippen molar-refractivity contribution >= 4 is 58.4 Å². The molecule has 2 aliphatic heterocycles. The number of amides is 2. The van der Waals surface area contributed by atoms with E-state index in [0.717, 1.165) is 0 Å². The largest absolute Gasteiger partial charge is 0.451 e. The molecule has 2 saturated heterocycles. The van der Waals surface area contributed by atoms with Gasteiger partial charge in [0.25, 0.3) is 5.91 Å². The standard InChI is InChI=1S/C17H18Cl2N2O4S/c1-9(15(23)20-12-6-10(18)5-11(19)7-12)25-16(24)13-8-26-17(2)4-3-14(22)21(13)17/h5-7,9,13H,3-4,8H2,1-2H3,(H,20,23)/t9-,13+,17-/m0/s1. The Kier molecular flexibility index (Phi) is 5.42. The topological polar surface area (TPSA) is 75.7 Å². The number of nitrogens with one attached hydrogen (secondary N) is 1. The maximum Gasteiger partial charge on any atom is 0.330 e. The third kappa shape index (κ3) is 3.80. The van der Waals surface area contributed by atoms with Crippen LogP contribution >= 0.6 is 35.0 Å². The Labute approximate surface area is 165 Å². The van der Waals surface area contributed by atoms with Gasteiger partial charge in [0.1, 0.15) is 6.04 Å². The highest BCUT2D eigenvalue weighted by Gasteiger charge is 2.53. The van der Waals surface area contributed by atoms with Crippen molar-refractivity contribution < 1.29 is 19.1 Å². The third-order valence-corrected chi connectivity index (χ3v) is 6.45. The maximum absolute atomic E-state index is 12.5. The van der Waals surface area contributed by atoms with Gasteiger partial charge < -0.3 is 15.0 Å². The van der Waals surface area contributed by atoms with E-state index in [0.29, 0.717) is 34.3 Å². The zero-order valence-corrected chi connectivity index (χ0v) is 16.6. The monoisotopic (exact) mass is 416 g/mol. The van der Waals surface area contributed by atoms with Crippen LogP contribution in [0.3, 0.4) is 0 Å². The molecule has 0 aliphatic carbocycles. The number of benzene rings is 1. The summed E-state index contributed by atoms with van der Waals surface area (Å²) in [6, 6.07) is 3.98. The zero-order chi connectivity index (χ0) is 19.1. The van der Waals surface area contributed by atoms with Gasteiger partial charge >= 0.3 is 5.97 Å². The highest BCUT2D eigenvalue weighted by molar-refractivity contribution is 8.01. The second-order valence-electron chi connectivity index (χ2n) is 6.49. The molecule has 6 nitrogen and oxygen atoms in total. The Bertz CT molecular complexity index is 755. The lowest BCUT2D eigenvalue weighted by Gasteiger charge is -2.29. The van der Waals surface area contributed by atoms with E-state index in [-0.39, 0.29) is 10.8 Å². The maximum atomic E-state index is 12.5. The average Bonchev–Trinajstić information content (AvgIpc) is 3.03. The first kappa shape index (κ1) is 19.3. The minimum Gasteiger partial charge on any atom is -0.451 e. The van der Waals surface area contributed by atoms with Gasteiger partial charge in [0, 0.05) is 27.9 Å². The van der Waals surface area contributed by atoms with Crippen molar-refractivity contribution in [3.05, 3.63) is 28.2 Å². The number of halogens is 2. The van der Waals surface area contributed by atoms with Gasteiger partial charge in [-0.1, -0.05) is 23.2 Å². The van der Waals surface area contributed by atoms with Crippen molar-refractivity contribution in [1.82, 2.24) is 4.90 Å². The van der Waals surface area contributed by atoms with E-state index in [1.54, 1.807) is 34.9 Å². The zero-order valence-electron chi connectivity index (χ0n) is 14.3. The van der Waals surface area contributed by atoms with Gasteiger partial charge in [0.2, 0.25) is 5.91 Å². The molecule has 1 aromatic rings. The number of esters is 1. The number of anilines is 1. The van der Waals surface area contributed by atoms with E-state index in [1.807, 2.05) is 6.92 Å². The van der Waals surface area contributed by atoms with Gasteiger partial charge in [-0.3, -0.25) is 9.59 Å². The molecule has 140 valence electrons. The van der Waals surface area contributed by atoms with Gasteiger partial charge in [0.15, 0.2) is 6.10 Å². The smallest absolute Gasteiger partial charge is 0.330 e. The molecule has 2 amide bonds. The van der Waals surface area contributed by atoms with Crippen LogP contribution in [0.4, 0.5) is 5.69 Å². The van der Waals surface area contributed by atoms with E-state index < -0.39 is 24.0 Å². The molecule has 0 spiro atoms. The minimum atomic E-state index is -1.02. The van der Waals surface area contributed by atoms with Crippen molar-refractivity contribution in [2.45, 2.75) is 43.7 Å². The molecule has 2 aliphatic rings. The second kappa shape index (κ2) is 7.29. The van der Waals surface area contributed by atoms with Crippen molar-refractivity contribution in [2.24, 2.45) is 0 Å². The Hall–Kier alpha value is -1.44. The van der Waals surface area contributed by atoms with Gasteiger partial charge in [-0.05, 0) is 38.5 Å². The number of thioether (sulfide) groups is 1. The highest BCUT2D eigenvalue weighted by atomic mass is 35.5. The molecular weight excluding hydrogens is 399 g/mol. The Morgan fingerprint density at radius 2 is 2.00 bits per heavy atom. The Morgan fingerprint density at radius 3 is 2.65 bits per heavy atom. The van der Waals surface area contributed by atoms with E-state index in [4.69, 9.17) is 27.9 Å². The van der Waals surface area contributed by atoms with E-state index in [9.17, 15) is 14.4 Å². The number of rotatable bonds is 4. The first-order chi connectivity index (χ1) is 12.2. The number of hydrogen-bond donors (Lipinski definition) is 1. The summed E-state index contributed by atoms with van der Waals surface area (Å²) in [4.78, 5) is 38.1. The average molecular weight is 417 g/mol. The Morgan fingerprint density at radius 1 is 1.35 bits per heavy atom. The Balaban J connectivity index is 1.62. The molecule has 2 heterocycles. The van der Waals surface area contributed by atoms with Crippen molar-refractivity contribution in [3.8, 4) is 0 Å². The number of carbonyl (C=O) groups is 3. The van der Waals surface area contributed by atoms with Gasteiger partial charge in [-0.2, -0.15) is 0 Å². The predicted molar refractivity (Wildman–Crippen MR) is 101 cm³/mol. The van der Waals surface area contributed by atoms with Crippen molar-refractivity contribution in [1.29, 1.82) is 0 Å². The molecule has 0 aromatic heterocycles. The fourth-order valence-electron chi connectivity index (χ4n) is 3.17. The summed E-state index contributed by atoms with van der Waals surface area (Å²) in [5, 5.41) is 3.37. The van der Waals surface area contributed by atoms with Gasteiger partial charge in [-0.25, -0.2) is 4.79 Å². The van der Waals surface area contributed by atoms with Crippen LogP contribution in [0.1, 0.15) is 26.7 Å². The number of hydrogen-bond acceptors (Lipinski definition) is 5. The van der Waals surface area contributed by atoms with Crippen LogP contribution in [0.15, 0.2) is 18.2 Å². The summed E-state index contributed by atoms with van der Waals surface area (Å²) in [7, 11) is 0. The van der Waals surface area contributed by atoms with E-state index in [1.165, 1.54) is 6.92 Å². The molecule has 1 aromatic carbocycles. The molecule has 3 rings (SSSR count). The summed E-state index contributed by atoms with van der Waals surface area (Å²) >= 11 is 13.4. The fraction of sp³-hybridized carbons (Fsp3) is 0.471. The lowest BCUT2D eigenvalue weighted by atomic mass is 10.2. The molecule has 1 N–H and O–H groups in total. The summed E-state index contributed by atoms with van der Waals surface area (Å²) in [5.74, 6) is -0.648. The first-order valence-corrected chi connectivity index (χ1v) is 9.87. The van der Waals surface area contributed by atoms with Gasteiger partial charge in [0.05, 0.1) is 4.87 Å². The predicted octanol–water partition coefficient (Wildman–Crippen LogP) is 3.32. The van der Waals surface area contributed by atoms with Crippen LogP contribution in [0.2, 0.25) is 10.0 Å². The molecule has 0 radical (unpaired) electrons. The van der Waals surface area contributed by atoms with Crippen LogP contribution in [0.5, 0.6) is 0 Å². The summed E-state index contributed by atoms with van der Waals surface area (Å²) in [6.07, 6.45) is 0.125. The molecule has 9 heteroatoms. The van der Waals surface area contributed by atoms with E-state index in [2.05, 4.69) is 5.32 Å². The van der Waals surface area contributed by atoms with Crippen LogP contribution in [0, 0.1) is 0 Å². The van der Waals surface area contributed by atoms with Crippen molar-refractivity contribution in [2.75, 3.05) is 11.1 Å². The first-order valence-electron chi connectivity index (χ1n) is 8.13. The second-order valence-corrected chi connectivity index (χ2v) is 8.87. The van der Waals surface area contributed by atoms with Crippen LogP contribution in [-0.2, 0) is 19.1 Å².